The Bertz CT molecular complexity index is 1200. The quantitative estimate of drug-likeness (QED) is 0.444. The lowest BCUT2D eigenvalue weighted by Gasteiger charge is -2.07. The molecule has 0 unspecified atom stereocenters. The third-order valence-electron chi connectivity index (χ3n) is 3.75. The average molecular weight is 343 g/mol. The van der Waals surface area contributed by atoms with Gasteiger partial charge in [0.1, 0.15) is 0 Å². The van der Waals surface area contributed by atoms with E-state index in [4.69, 9.17) is 0 Å². The maximum absolute atomic E-state index is 12.4. The van der Waals surface area contributed by atoms with Gasteiger partial charge in [0.2, 0.25) is 10.0 Å². The van der Waals surface area contributed by atoms with Crippen LogP contribution in [0.5, 0.6) is 0 Å². The molecule has 122 valence electrons. The van der Waals surface area contributed by atoms with Crippen molar-refractivity contribution < 1.29 is 8.42 Å². The highest BCUT2D eigenvalue weighted by Crippen LogP contribution is 2.16. The van der Waals surface area contributed by atoms with E-state index in [0.717, 1.165) is 16.6 Å². The first-order chi connectivity index (χ1) is 11.5. The number of nitrogens with zero attached hydrogens (tertiary/aromatic N) is 1. The van der Waals surface area contributed by atoms with E-state index in [1.807, 2.05) is 18.2 Å². The zero-order chi connectivity index (χ0) is 16.7. The fourth-order valence-corrected chi connectivity index (χ4v) is 3.58. The van der Waals surface area contributed by atoms with E-state index in [0.29, 0.717) is 11.0 Å². The van der Waals surface area contributed by atoms with Crippen LogP contribution in [-0.2, 0) is 16.6 Å². The van der Waals surface area contributed by atoms with Crippen molar-refractivity contribution in [2.75, 3.05) is 0 Å². The minimum Gasteiger partial charge on any atom is -0.345 e. The number of aromatic nitrogens is 4. The summed E-state index contributed by atoms with van der Waals surface area (Å²) in [5.74, 6) is 0. The van der Waals surface area contributed by atoms with Gasteiger partial charge in [-0.1, -0.05) is 6.07 Å². The third kappa shape index (κ3) is 2.59. The molecule has 0 spiro atoms. The van der Waals surface area contributed by atoms with Crippen molar-refractivity contribution in [3.63, 3.8) is 0 Å². The molecule has 0 saturated heterocycles. The third-order valence-corrected chi connectivity index (χ3v) is 5.15. The number of rotatable bonds is 4. The van der Waals surface area contributed by atoms with E-state index < -0.39 is 10.0 Å². The first kappa shape index (κ1) is 14.7. The maximum atomic E-state index is 12.4. The second-order valence-electron chi connectivity index (χ2n) is 5.37. The summed E-state index contributed by atoms with van der Waals surface area (Å²) in [5.41, 5.74) is 3.11. The van der Waals surface area contributed by atoms with Crippen LogP contribution >= 0.6 is 0 Å². The normalized spacial score (nSPS) is 12.2. The van der Waals surface area contributed by atoms with Crippen LogP contribution in [0.4, 0.5) is 0 Å². The van der Waals surface area contributed by atoms with Crippen LogP contribution in [0, 0.1) is 0 Å². The van der Waals surface area contributed by atoms with Crippen LogP contribution < -0.4 is 10.4 Å². The van der Waals surface area contributed by atoms with Gasteiger partial charge in [0.15, 0.2) is 0 Å². The van der Waals surface area contributed by atoms with Gasteiger partial charge in [0.05, 0.1) is 33.3 Å². The molecule has 0 radical (unpaired) electrons. The first-order valence-electron chi connectivity index (χ1n) is 7.15. The van der Waals surface area contributed by atoms with Gasteiger partial charge < -0.3 is 15.0 Å². The highest BCUT2D eigenvalue weighted by atomic mass is 32.2. The number of benzene rings is 2. The summed E-state index contributed by atoms with van der Waals surface area (Å²) in [6.45, 7) is 0.152. The lowest BCUT2D eigenvalue weighted by molar-refractivity contribution is 0.581. The number of fused-ring (bicyclic) bond motifs is 2. The predicted octanol–water partition coefficient (Wildman–Crippen LogP) is 1.21. The van der Waals surface area contributed by atoms with Gasteiger partial charge in [-0.2, -0.15) is 0 Å². The summed E-state index contributed by atoms with van der Waals surface area (Å²) in [4.78, 5) is 23.6. The topological polar surface area (TPSA) is 124 Å². The van der Waals surface area contributed by atoms with E-state index in [2.05, 4.69) is 24.7 Å². The minimum absolute atomic E-state index is 0.0906. The Kier molecular flexibility index (Phi) is 3.25. The number of sulfonamides is 1. The molecule has 0 amide bonds. The fourth-order valence-electron chi connectivity index (χ4n) is 2.53. The Hall–Kier alpha value is -2.91. The molecule has 24 heavy (non-hydrogen) atoms. The Morgan fingerprint density at radius 3 is 2.71 bits per heavy atom. The fraction of sp³-hybridized carbons (Fsp3) is 0.0667. The molecule has 2 aromatic carbocycles. The summed E-state index contributed by atoms with van der Waals surface area (Å²) >= 11 is 0. The van der Waals surface area contributed by atoms with Crippen molar-refractivity contribution >= 4 is 32.1 Å². The molecule has 0 aliphatic rings. The Morgan fingerprint density at radius 1 is 1.00 bits per heavy atom. The van der Waals surface area contributed by atoms with Crippen molar-refractivity contribution in [2.24, 2.45) is 0 Å². The highest BCUT2D eigenvalue weighted by Gasteiger charge is 2.15. The Balaban J connectivity index is 1.60. The number of hydrogen-bond acceptors (Lipinski definition) is 4. The van der Waals surface area contributed by atoms with Gasteiger partial charge in [0.25, 0.3) is 0 Å². The monoisotopic (exact) mass is 343 g/mol. The first-order valence-corrected chi connectivity index (χ1v) is 8.63. The van der Waals surface area contributed by atoms with Gasteiger partial charge in [-0.3, -0.25) is 0 Å². The molecular formula is C15H13N5O3S. The van der Waals surface area contributed by atoms with Gasteiger partial charge in [-0.15, -0.1) is 0 Å². The Labute approximate surface area is 136 Å². The van der Waals surface area contributed by atoms with Crippen LogP contribution in [0.15, 0.2) is 52.4 Å². The molecule has 9 heteroatoms. The van der Waals surface area contributed by atoms with Crippen LogP contribution in [0.25, 0.3) is 22.1 Å². The second kappa shape index (κ2) is 5.32. The van der Waals surface area contributed by atoms with Crippen LogP contribution in [0.2, 0.25) is 0 Å². The number of nitrogens with one attached hydrogen (secondary N) is 4. The molecule has 8 nitrogen and oxygen atoms in total. The number of aromatic amines is 3. The average Bonchev–Trinajstić information content (AvgIpc) is 3.16. The van der Waals surface area contributed by atoms with E-state index >= 15 is 0 Å². The number of imidazole rings is 2. The minimum atomic E-state index is -3.69. The largest absolute Gasteiger partial charge is 0.345 e. The van der Waals surface area contributed by atoms with Crippen LogP contribution in [-0.4, -0.2) is 28.4 Å². The van der Waals surface area contributed by atoms with Crippen molar-refractivity contribution in [1.29, 1.82) is 0 Å². The molecule has 0 bridgehead atoms. The molecular weight excluding hydrogens is 330 g/mol. The SMILES string of the molecule is O=c1[nH]c2ccc(S(=O)(=O)NCc3ccc4nc[nH]c4c3)cc2[nH]1. The lowest BCUT2D eigenvalue weighted by Crippen LogP contribution is -2.23. The van der Waals surface area contributed by atoms with Crippen LogP contribution in [0.3, 0.4) is 0 Å². The lowest BCUT2D eigenvalue weighted by atomic mass is 10.2. The smallest absolute Gasteiger partial charge is 0.323 e. The number of H-pyrrole nitrogens is 3. The van der Waals surface area contributed by atoms with Crippen molar-refractivity contribution in [3.8, 4) is 0 Å². The van der Waals surface area contributed by atoms with Gasteiger partial charge >= 0.3 is 5.69 Å². The van der Waals surface area contributed by atoms with Crippen molar-refractivity contribution in [2.45, 2.75) is 11.4 Å². The molecule has 4 N–H and O–H groups in total. The van der Waals surface area contributed by atoms with E-state index in [1.54, 1.807) is 12.4 Å². The summed E-state index contributed by atoms with van der Waals surface area (Å²) in [6, 6.07) is 9.92. The van der Waals surface area contributed by atoms with E-state index in [9.17, 15) is 13.2 Å². The molecule has 0 fully saturated rings. The summed E-state index contributed by atoms with van der Waals surface area (Å²) in [7, 11) is -3.69. The van der Waals surface area contributed by atoms with Gasteiger partial charge in [-0.25, -0.2) is 22.9 Å². The van der Waals surface area contributed by atoms with Crippen LogP contribution in [0.1, 0.15) is 5.56 Å². The predicted molar refractivity (Wildman–Crippen MR) is 89.0 cm³/mol. The maximum Gasteiger partial charge on any atom is 0.323 e. The zero-order valence-corrected chi connectivity index (χ0v) is 13.1. The Morgan fingerprint density at radius 2 is 1.83 bits per heavy atom. The molecule has 4 aromatic rings. The molecule has 2 aromatic heterocycles. The molecule has 0 atom stereocenters. The van der Waals surface area contributed by atoms with E-state index in [1.165, 1.54) is 12.1 Å². The molecule has 4 rings (SSSR count). The summed E-state index contributed by atoms with van der Waals surface area (Å²) < 4.78 is 27.4. The highest BCUT2D eigenvalue weighted by molar-refractivity contribution is 7.89. The molecule has 0 saturated carbocycles. The van der Waals surface area contributed by atoms with Gasteiger partial charge in [-0.05, 0) is 35.9 Å². The molecule has 2 heterocycles. The zero-order valence-electron chi connectivity index (χ0n) is 12.3. The van der Waals surface area contributed by atoms with E-state index in [-0.39, 0.29) is 17.1 Å². The summed E-state index contributed by atoms with van der Waals surface area (Å²) in [5, 5.41) is 0. The second-order valence-corrected chi connectivity index (χ2v) is 7.13. The van der Waals surface area contributed by atoms with Gasteiger partial charge in [0, 0.05) is 6.54 Å². The number of hydrogen-bond donors (Lipinski definition) is 4. The standard InChI is InChI=1S/C15H13N5O3S/c21-15-19-12-4-2-10(6-14(12)20-15)24(22,23)18-7-9-1-3-11-13(5-9)17-8-16-11/h1-6,8,18H,7H2,(H,16,17)(H2,19,20,21). The molecule has 0 aliphatic carbocycles. The van der Waals surface area contributed by atoms with Crippen molar-refractivity contribution in [3.05, 3.63) is 58.8 Å². The summed E-state index contributed by atoms with van der Waals surface area (Å²) in [6.07, 6.45) is 1.59. The molecule has 0 aliphatic heterocycles. The van der Waals surface area contributed by atoms with Crippen molar-refractivity contribution in [1.82, 2.24) is 24.7 Å².